The molecule has 5 nitrogen and oxygen atoms in total. The van der Waals surface area contributed by atoms with Gasteiger partial charge >= 0.3 is 0 Å². The van der Waals surface area contributed by atoms with Gasteiger partial charge in [-0.1, -0.05) is 48.0 Å². The zero-order valence-electron chi connectivity index (χ0n) is 14.1. The van der Waals surface area contributed by atoms with E-state index in [1.807, 2.05) is 54.6 Å². The minimum absolute atomic E-state index is 0.0182. The maximum Gasteiger partial charge on any atom is 0.282 e. The van der Waals surface area contributed by atoms with Gasteiger partial charge in [0.1, 0.15) is 24.4 Å². The van der Waals surface area contributed by atoms with Crippen LogP contribution in [-0.2, 0) is 21.2 Å². The zero-order valence-corrected chi connectivity index (χ0v) is 15.7. The van der Waals surface area contributed by atoms with E-state index in [1.54, 1.807) is 4.90 Å². The van der Waals surface area contributed by atoms with Crippen LogP contribution in [0.3, 0.4) is 0 Å². The molecule has 2 aliphatic heterocycles. The number of piperazine rings is 1. The van der Waals surface area contributed by atoms with Crippen LogP contribution in [0.15, 0.2) is 54.6 Å². The average Bonchev–Trinajstić information content (AvgIpc) is 2.93. The average molecular weight is 392 g/mol. The van der Waals surface area contributed by atoms with E-state index in [1.165, 1.54) is 0 Å². The molecule has 2 aromatic carbocycles. The molecule has 2 heterocycles. The first-order valence-electron chi connectivity index (χ1n) is 8.60. The molecule has 2 aliphatic rings. The molecule has 26 heavy (non-hydrogen) atoms. The Balaban J connectivity index is 1.68. The zero-order chi connectivity index (χ0) is 18.3. The lowest BCUT2D eigenvalue weighted by Crippen LogP contribution is -3.19. The standard InChI is InChI=1S/C19H19ClN2O3S/c20-16-9-5-4-6-14(16)10-21-11-19(23)22(15-7-2-1-3-8-15)18-13-26(24,25)12-17(18)21/h1-9,17-18H,10-13H2/p+1/t17-,18-/m0/s1. The third-order valence-corrected chi connectivity index (χ3v) is 7.32. The summed E-state index contributed by atoms with van der Waals surface area (Å²) in [6, 6.07) is 16.4. The molecule has 0 aromatic heterocycles. The number of hydrogen-bond donors (Lipinski definition) is 1. The van der Waals surface area contributed by atoms with Gasteiger partial charge in [-0.15, -0.1) is 0 Å². The van der Waals surface area contributed by atoms with E-state index in [4.69, 9.17) is 11.6 Å². The van der Waals surface area contributed by atoms with Gasteiger partial charge in [0.15, 0.2) is 16.4 Å². The molecule has 2 aromatic rings. The summed E-state index contributed by atoms with van der Waals surface area (Å²) < 4.78 is 24.7. The lowest BCUT2D eigenvalue weighted by molar-refractivity contribution is -0.931. The fraction of sp³-hybridized carbons (Fsp3) is 0.316. The summed E-state index contributed by atoms with van der Waals surface area (Å²) in [5, 5.41) is 0.648. The molecule has 7 heteroatoms. The number of quaternary nitrogens is 1. The summed E-state index contributed by atoms with van der Waals surface area (Å²) in [7, 11) is -3.18. The van der Waals surface area contributed by atoms with Crippen LogP contribution in [0.25, 0.3) is 0 Å². The largest absolute Gasteiger partial charge is 0.318 e. The predicted octanol–water partition coefficient (Wildman–Crippen LogP) is 0.937. The highest BCUT2D eigenvalue weighted by atomic mass is 35.5. The molecule has 2 saturated heterocycles. The lowest BCUT2D eigenvalue weighted by atomic mass is 10.0. The second-order valence-corrected chi connectivity index (χ2v) is 9.51. The molecule has 136 valence electrons. The van der Waals surface area contributed by atoms with Crippen molar-refractivity contribution in [3.05, 3.63) is 65.2 Å². The number of fused-ring (bicyclic) bond motifs is 1. The molecule has 3 atom stereocenters. The number of nitrogens with zero attached hydrogens (tertiary/aromatic N) is 1. The van der Waals surface area contributed by atoms with Crippen LogP contribution in [-0.4, -0.2) is 44.5 Å². The maximum atomic E-state index is 12.9. The number of sulfone groups is 1. The van der Waals surface area contributed by atoms with E-state index in [0.29, 0.717) is 11.6 Å². The highest BCUT2D eigenvalue weighted by Crippen LogP contribution is 2.26. The highest BCUT2D eigenvalue weighted by Gasteiger charge is 2.52. The number of nitrogens with one attached hydrogen (secondary N) is 1. The number of hydrogen-bond acceptors (Lipinski definition) is 3. The Morgan fingerprint density at radius 3 is 2.46 bits per heavy atom. The van der Waals surface area contributed by atoms with Crippen molar-refractivity contribution in [2.45, 2.75) is 18.6 Å². The van der Waals surface area contributed by atoms with Crippen LogP contribution >= 0.6 is 11.6 Å². The van der Waals surface area contributed by atoms with Gasteiger partial charge in [-0.05, 0) is 18.2 Å². The van der Waals surface area contributed by atoms with Crippen LogP contribution in [0.1, 0.15) is 5.56 Å². The Morgan fingerprint density at radius 1 is 1.04 bits per heavy atom. The number of carbonyl (C=O) groups excluding carboxylic acids is 1. The van der Waals surface area contributed by atoms with E-state index in [0.717, 1.165) is 16.2 Å². The summed E-state index contributed by atoms with van der Waals surface area (Å²) in [6.07, 6.45) is 0. The van der Waals surface area contributed by atoms with Crippen LogP contribution < -0.4 is 9.80 Å². The van der Waals surface area contributed by atoms with Crippen LogP contribution in [0.2, 0.25) is 5.02 Å². The van der Waals surface area contributed by atoms with Crippen molar-refractivity contribution in [3.63, 3.8) is 0 Å². The Hall–Kier alpha value is -1.89. The fourth-order valence-corrected chi connectivity index (χ4v) is 6.32. The molecule has 0 aliphatic carbocycles. The minimum atomic E-state index is -3.18. The van der Waals surface area contributed by atoms with Gasteiger partial charge in [0.05, 0.1) is 5.75 Å². The maximum absolute atomic E-state index is 12.9. The Labute approximate surface area is 158 Å². The van der Waals surface area contributed by atoms with E-state index in [9.17, 15) is 13.2 Å². The fourth-order valence-electron chi connectivity index (χ4n) is 4.07. The minimum Gasteiger partial charge on any atom is -0.318 e. The SMILES string of the molecule is O=C1C[NH+](Cc2ccccc2Cl)[C@H]2CS(=O)(=O)C[C@@H]2N1c1ccccc1. The van der Waals surface area contributed by atoms with E-state index in [-0.39, 0.29) is 36.0 Å². The van der Waals surface area contributed by atoms with E-state index < -0.39 is 9.84 Å². The normalized spacial score (nSPS) is 27.3. The summed E-state index contributed by atoms with van der Waals surface area (Å²) in [6.45, 7) is 0.807. The predicted molar refractivity (Wildman–Crippen MR) is 101 cm³/mol. The van der Waals surface area contributed by atoms with Crippen LogP contribution in [0.4, 0.5) is 5.69 Å². The van der Waals surface area contributed by atoms with Crippen LogP contribution in [0.5, 0.6) is 0 Å². The highest BCUT2D eigenvalue weighted by molar-refractivity contribution is 7.91. The van der Waals surface area contributed by atoms with Crippen molar-refractivity contribution in [2.24, 2.45) is 0 Å². The first-order valence-corrected chi connectivity index (χ1v) is 10.8. The van der Waals surface area contributed by atoms with Crippen molar-refractivity contribution >= 4 is 33.0 Å². The molecular weight excluding hydrogens is 372 g/mol. The topological polar surface area (TPSA) is 58.9 Å². The molecule has 0 saturated carbocycles. The van der Waals surface area contributed by atoms with Crippen molar-refractivity contribution < 1.29 is 18.1 Å². The molecule has 1 amide bonds. The third-order valence-electron chi connectivity index (χ3n) is 5.24. The first-order chi connectivity index (χ1) is 12.4. The number of halogens is 1. The molecule has 1 N–H and O–H groups in total. The second-order valence-electron chi connectivity index (χ2n) is 6.95. The molecular formula is C19H20ClN2O3S+. The molecule has 2 fully saturated rings. The Kier molecular flexibility index (Phi) is 4.50. The van der Waals surface area contributed by atoms with Crippen molar-refractivity contribution in [1.29, 1.82) is 0 Å². The van der Waals surface area contributed by atoms with Gasteiger partial charge in [-0.25, -0.2) is 8.42 Å². The quantitative estimate of drug-likeness (QED) is 0.847. The molecule has 0 spiro atoms. The van der Waals surface area contributed by atoms with Gasteiger partial charge in [0, 0.05) is 16.3 Å². The van der Waals surface area contributed by atoms with Crippen molar-refractivity contribution in [3.8, 4) is 0 Å². The van der Waals surface area contributed by atoms with E-state index in [2.05, 4.69) is 0 Å². The summed E-state index contributed by atoms with van der Waals surface area (Å²) in [5.74, 6) is 0.0786. The first kappa shape index (κ1) is 17.5. The number of benzene rings is 2. The number of carbonyl (C=O) groups is 1. The molecule has 0 radical (unpaired) electrons. The van der Waals surface area contributed by atoms with Crippen molar-refractivity contribution in [2.75, 3.05) is 23.0 Å². The lowest BCUT2D eigenvalue weighted by Gasteiger charge is -2.40. The Morgan fingerprint density at radius 2 is 1.73 bits per heavy atom. The van der Waals surface area contributed by atoms with Crippen molar-refractivity contribution in [1.82, 2.24) is 0 Å². The van der Waals surface area contributed by atoms with E-state index >= 15 is 0 Å². The van der Waals surface area contributed by atoms with Gasteiger partial charge in [-0.2, -0.15) is 0 Å². The number of rotatable bonds is 3. The molecule has 0 bridgehead atoms. The second kappa shape index (κ2) is 6.68. The van der Waals surface area contributed by atoms with Crippen LogP contribution in [0, 0.1) is 0 Å². The Bertz CT molecular complexity index is 933. The molecule has 4 rings (SSSR count). The summed E-state index contributed by atoms with van der Waals surface area (Å²) >= 11 is 6.28. The summed E-state index contributed by atoms with van der Waals surface area (Å²) in [5.41, 5.74) is 1.70. The summed E-state index contributed by atoms with van der Waals surface area (Å²) in [4.78, 5) is 15.6. The van der Waals surface area contributed by atoms with Gasteiger partial charge in [0.25, 0.3) is 5.91 Å². The third kappa shape index (κ3) is 3.24. The monoisotopic (exact) mass is 391 g/mol. The number of amides is 1. The number of para-hydroxylation sites is 1. The number of anilines is 1. The van der Waals surface area contributed by atoms with Gasteiger partial charge < -0.3 is 4.90 Å². The molecule has 1 unspecified atom stereocenters. The van der Waals surface area contributed by atoms with Gasteiger partial charge in [0.2, 0.25) is 0 Å². The smallest absolute Gasteiger partial charge is 0.282 e. The van der Waals surface area contributed by atoms with Gasteiger partial charge in [-0.3, -0.25) is 9.69 Å².